The van der Waals surface area contributed by atoms with Crippen molar-refractivity contribution in [2.45, 2.75) is 31.5 Å². The lowest BCUT2D eigenvalue weighted by Gasteiger charge is -2.41. The Morgan fingerprint density at radius 3 is 2.39 bits per heavy atom. The molecular formula is C19H23F3N4O2. The molecule has 0 radical (unpaired) electrons. The highest BCUT2D eigenvalue weighted by atomic mass is 19.4. The molecule has 9 heteroatoms. The second-order valence-corrected chi connectivity index (χ2v) is 7.25. The first-order valence-corrected chi connectivity index (χ1v) is 9.18. The molecule has 1 atom stereocenters. The van der Waals surface area contributed by atoms with Gasteiger partial charge in [-0.25, -0.2) is 4.98 Å². The predicted molar refractivity (Wildman–Crippen MR) is 97.6 cm³/mol. The highest BCUT2D eigenvalue weighted by molar-refractivity contribution is 5.95. The van der Waals surface area contributed by atoms with Crippen molar-refractivity contribution in [1.82, 2.24) is 14.8 Å². The number of hydrogen-bond acceptors (Lipinski definition) is 4. The Bertz CT molecular complexity index is 757. The van der Waals surface area contributed by atoms with Gasteiger partial charge in [-0.2, -0.15) is 13.2 Å². The van der Waals surface area contributed by atoms with Gasteiger partial charge in [0.2, 0.25) is 11.8 Å². The molecule has 0 bridgehead atoms. The second kappa shape index (κ2) is 7.44. The van der Waals surface area contributed by atoms with Gasteiger partial charge >= 0.3 is 6.18 Å². The number of halogens is 3. The molecule has 2 fully saturated rings. The third kappa shape index (κ3) is 3.70. The lowest BCUT2D eigenvalue weighted by molar-refractivity contribution is -0.148. The molecule has 1 aromatic heterocycles. The van der Waals surface area contributed by atoms with Gasteiger partial charge in [-0.05, 0) is 38.0 Å². The molecule has 0 spiro atoms. The van der Waals surface area contributed by atoms with Gasteiger partial charge in [0.05, 0.1) is 5.56 Å². The van der Waals surface area contributed by atoms with Crippen molar-refractivity contribution < 1.29 is 22.8 Å². The molecule has 2 saturated heterocycles. The second-order valence-electron chi connectivity index (χ2n) is 7.25. The van der Waals surface area contributed by atoms with Crippen LogP contribution in [0.5, 0.6) is 0 Å². The summed E-state index contributed by atoms with van der Waals surface area (Å²) in [5.41, 5.74) is -1.66. The molecule has 3 heterocycles. The summed E-state index contributed by atoms with van der Waals surface area (Å²) in [4.78, 5) is 34.2. The molecule has 28 heavy (non-hydrogen) atoms. The Labute approximate surface area is 161 Å². The van der Waals surface area contributed by atoms with Crippen LogP contribution in [0.25, 0.3) is 0 Å². The van der Waals surface area contributed by atoms with Gasteiger partial charge in [0, 0.05) is 38.9 Å². The number of amides is 2. The number of pyridine rings is 1. The molecule has 0 aliphatic carbocycles. The number of anilines is 1. The van der Waals surface area contributed by atoms with E-state index in [-0.39, 0.29) is 11.8 Å². The van der Waals surface area contributed by atoms with E-state index in [0.29, 0.717) is 45.0 Å². The first kappa shape index (κ1) is 20.2. The molecule has 152 valence electrons. The van der Waals surface area contributed by atoms with E-state index in [1.54, 1.807) is 16.7 Å². The molecule has 2 aliphatic heterocycles. The molecule has 3 rings (SSSR count). The summed E-state index contributed by atoms with van der Waals surface area (Å²) < 4.78 is 38.0. The summed E-state index contributed by atoms with van der Waals surface area (Å²) in [5, 5.41) is 0. The number of likely N-dealkylation sites (tertiary alicyclic amines) is 1. The van der Waals surface area contributed by atoms with Crippen LogP contribution in [0.3, 0.4) is 0 Å². The Morgan fingerprint density at radius 2 is 1.86 bits per heavy atom. The van der Waals surface area contributed by atoms with Gasteiger partial charge in [-0.3, -0.25) is 9.59 Å². The number of alkyl halides is 3. The minimum Gasteiger partial charge on any atom is -0.353 e. The Hall–Kier alpha value is -2.58. The summed E-state index contributed by atoms with van der Waals surface area (Å²) in [5.74, 6) is 0.108. The molecule has 0 N–H and O–H groups in total. The van der Waals surface area contributed by atoms with Crippen LogP contribution >= 0.6 is 0 Å². The van der Waals surface area contributed by atoms with Crippen molar-refractivity contribution in [3.63, 3.8) is 0 Å². The van der Waals surface area contributed by atoms with Gasteiger partial charge in [-0.1, -0.05) is 6.58 Å². The van der Waals surface area contributed by atoms with Gasteiger partial charge in [0.15, 0.2) is 0 Å². The van der Waals surface area contributed by atoms with E-state index < -0.39 is 17.3 Å². The predicted octanol–water partition coefficient (Wildman–Crippen LogP) is 2.32. The number of piperazine rings is 1. The molecule has 0 unspecified atom stereocenters. The van der Waals surface area contributed by atoms with E-state index in [2.05, 4.69) is 11.6 Å². The van der Waals surface area contributed by atoms with Crippen molar-refractivity contribution in [1.29, 1.82) is 0 Å². The average Bonchev–Trinajstić information content (AvgIpc) is 3.09. The lowest BCUT2D eigenvalue weighted by Crippen LogP contribution is -2.60. The molecule has 1 aromatic rings. The fraction of sp³-hybridized carbons (Fsp3) is 0.526. The average molecular weight is 396 g/mol. The molecular weight excluding hydrogens is 373 g/mol. The summed E-state index contributed by atoms with van der Waals surface area (Å²) in [6.45, 7) is 7.61. The number of nitrogens with zero attached hydrogens (tertiary/aromatic N) is 4. The van der Waals surface area contributed by atoms with Crippen molar-refractivity contribution in [3.05, 3.63) is 36.5 Å². The Kier molecular flexibility index (Phi) is 5.36. The summed E-state index contributed by atoms with van der Waals surface area (Å²) in [6, 6.07) is 2.36. The Balaban J connectivity index is 1.64. The van der Waals surface area contributed by atoms with E-state index in [4.69, 9.17) is 0 Å². The fourth-order valence-electron chi connectivity index (χ4n) is 3.87. The number of carbonyl (C=O) groups excluding carboxylic acids is 2. The molecule has 2 amide bonds. The Morgan fingerprint density at radius 1 is 1.18 bits per heavy atom. The van der Waals surface area contributed by atoms with E-state index in [0.717, 1.165) is 18.7 Å². The highest BCUT2D eigenvalue weighted by Crippen LogP contribution is 2.32. The van der Waals surface area contributed by atoms with E-state index in [1.165, 1.54) is 12.1 Å². The lowest BCUT2D eigenvalue weighted by atomic mass is 9.96. The standard InChI is InChI=1S/C19H23F3N4O2/c1-3-16(27)26-8-4-7-18(26,2)17(28)25-11-9-24(10-12-25)15-6-5-14(13-23-15)19(20,21)22/h3,5-6,13H,1,4,7-12H2,2H3/t18-/m1/s1. The molecule has 6 nitrogen and oxygen atoms in total. The number of aromatic nitrogens is 1. The van der Waals surface area contributed by atoms with Crippen molar-refractivity contribution in [2.75, 3.05) is 37.6 Å². The minimum absolute atomic E-state index is 0.0970. The van der Waals surface area contributed by atoms with E-state index in [9.17, 15) is 22.8 Å². The van der Waals surface area contributed by atoms with Gasteiger partial charge in [0.1, 0.15) is 11.4 Å². The third-order valence-electron chi connectivity index (χ3n) is 5.51. The van der Waals surface area contributed by atoms with Crippen LogP contribution < -0.4 is 4.90 Å². The van der Waals surface area contributed by atoms with Crippen molar-refractivity contribution in [2.24, 2.45) is 0 Å². The number of rotatable bonds is 3. The van der Waals surface area contributed by atoms with Gasteiger partial charge in [-0.15, -0.1) is 0 Å². The van der Waals surface area contributed by atoms with Crippen LogP contribution in [0.2, 0.25) is 0 Å². The largest absolute Gasteiger partial charge is 0.417 e. The summed E-state index contributed by atoms with van der Waals surface area (Å²) >= 11 is 0. The van der Waals surface area contributed by atoms with E-state index >= 15 is 0 Å². The quantitative estimate of drug-likeness (QED) is 0.736. The smallest absolute Gasteiger partial charge is 0.353 e. The van der Waals surface area contributed by atoms with Crippen LogP contribution in [-0.2, 0) is 15.8 Å². The zero-order valence-electron chi connectivity index (χ0n) is 15.7. The summed E-state index contributed by atoms with van der Waals surface area (Å²) in [7, 11) is 0. The van der Waals surface area contributed by atoms with Crippen molar-refractivity contribution >= 4 is 17.6 Å². The van der Waals surface area contributed by atoms with Crippen LogP contribution in [-0.4, -0.2) is 64.9 Å². The third-order valence-corrected chi connectivity index (χ3v) is 5.51. The maximum absolute atomic E-state index is 13.1. The van der Waals surface area contributed by atoms with E-state index in [1.807, 2.05) is 4.90 Å². The maximum Gasteiger partial charge on any atom is 0.417 e. The molecule has 0 saturated carbocycles. The normalized spacial score (nSPS) is 23.1. The molecule has 2 aliphatic rings. The topological polar surface area (TPSA) is 56.8 Å². The first-order chi connectivity index (χ1) is 13.2. The maximum atomic E-state index is 13.1. The monoisotopic (exact) mass is 396 g/mol. The van der Waals surface area contributed by atoms with Crippen LogP contribution in [0.1, 0.15) is 25.3 Å². The van der Waals surface area contributed by atoms with Crippen LogP contribution in [0.4, 0.5) is 19.0 Å². The SMILES string of the molecule is C=CC(=O)N1CCC[C@]1(C)C(=O)N1CCN(c2ccc(C(F)(F)F)cn2)CC1. The zero-order valence-corrected chi connectivity index (χ0v) is 15.7. The summed E-state index contributed by atoms with van der Waals surface area (Å²) in [6.07, 6.45) is -0.998. The highest BCUT2D eigenvalue weighted by Gasteiger charge is 2.47. The zero-order chi connectivity index (χ0) is 20.5. The van der Waals surface area contributed by atoms with Crippen molar-refractivity contribution in [3.8, 4) is 0 Å². The number of hydrogen-bond donors (Lipinski definition) is 0. The number of carbonyl (C=O) groups is 2. The fourth-order valence-corrected chi connectivity index (χ4v) is 3.87. The minimum atomic E-state index is -4.41. The van der Waals surface area contributed by atoms with Crippen LogP contribution in [0.15, 0.2) is 31.0 Å². The van der Waals surface area contributed by atoms with Crippen LogP contribution in [0, 0.1) is 0 Å². The van der Waals surface area contributed by atoms with Gasteiger partial charge < -0.3 is 14.7 Å². The first-order valence-electron chi connectivity index (χ1n) is 9.18. The van der Waals surface area contributed by atoms with Gasteiger partial charge in [0.25, 0.3) is 0 Å². The molecule has 0 aromatic carbocycles.